The molecule has 2 aromatic carbocycles. The topological polar surface area (TPSA) is 59.1 Å². The van der Waals surface area contributed by atoms with Crippen LogP contribution >= 0.6 is 11.6 Å². The molecule has 7 heteroatoms. The maximum Gasteiger partial charge on any atom is 0.232 e. The van der Waals surface area contributed by atoms with Gasteiger partial charge in [0.25, 0.3) is 0 Å². The first kappa shape index (κ1) is 19.6. The quantitative estimate of drug-likeness (QED) is 0.765. The van der Waals surface area contributed by atoms with Crippen molar-refractivity contribution >= 4 is 34.8 Å². The smallest absolute Gasteiger partial charge is 0.232 e. The van der Waals surface area contributed by atoms with E-state index in [0.717, 1.165) is 18.5 Å². The summed E-state index contributed by atoms with van der Waals surface area (Å²) in [5, 5.41) is 0.385. The number of amides is 2. The Morgan fingerprint density at radius 3 is 2.62 bits per heavy atom. The first-order chi connectivity index (χ1) is 14.0. The molecule has 2 aromatic rings. The predicted molar refractivity (Wildman–Crippen MR) is 112 cm³/mol. The van der Waals surface area contributed by atoms with Crippen molar-refractivity contribution in [3.05, 3.63) is 47.0 Å². The molecule has 2 aliphatic heterocycles. The van der Waals surface area contributed by atoms with Crippen molar-refractivity contribution < 1.29 is 19.1 Å². The van der Waals surface area contributed by atoms with Crippen LogP contribution in [0.1, 0.15) is 18.4 Å². The molecule has 152 valence electrons. The van der Waals surface area contributed by atoms with Gasteiger partial charge in [-0.1, -0.05) is 29.8 Å². The Morgan fingerprint density at radius 1 is 1.10 bits per heavy atom. The molecule has 29 heavy (non-hydrogen) atoms. The number of halogens is 1. The number of methoxy groups -OCH3 is 2. The van der Waals surface area contributed by atoms with Crippen molar-refractivity contribution in [2.45, 2.75) is 19.3 Å². The second-order valence-electron chi connectivity index (χ2n) is 7.29. The summed E-state index contributed by atoms with van der Waals surface area (Å²) in [4.78, 5) is 29.5. The van der Waals surface area contributed by atoms with Gasteiger partial charge in [0.05, 0.1) is 30.8 Å². The van der Waals surface area contributed by atoms with E-state index in [1.807, 2.05) is 23.1 Å². The van der Waals surface area contributed by atoms with Gasteiger partial charge in [0, 0.05) is 31.3 Å². The molecule has 0 spiro atoms. The van der Waals surface area contributed by atoms with Crippen molar-refractivity contribution in [3.8, 4) is 11.5 Å². The van der Waals surface area contributed by atoms with Crippen molar-refractivity contribution in [3.63, 3.8) is 0 Å². The molecular weight excluding hydrogens is 392 g/mol. The highest BCUT2D eigenvalue weighted by Crippen LogP contribution is 2.41. The Labute approximate surface area is 174 Å². The summed E-state index contributed by atoms with van der Waals surface area (Å²) >= 11 is 6.27. The van der Waals surface area contributed by atoms with Crippen LogP contribution in [0.25, 0.3) is 0 Å². The molecule has 0 aliphatic carbocycles. The molecule has 6 nitrogen and oxygen atoms in total. The molecule has 0 saturated carbocycles. The fourth-order valence-corrected chi connectivity index (χ4v) is 4.38. The van der Waals surface area contributed by atoms with Crippen LogP contribution in [0.5, 0.6) is 11.5 Å². The summed E-state index contributed by atoms with van der Waals surface area (Å²) in [6.07, 6.45) is 2.07. The second kappa shape index (κ2) is 7.95. The van der Waals surface area contributed by atoms with Gasteiger partial charge in [-0.05, 0) is 30.5 Å². The van der Waals surface area contributed by atoms with Gasteiger partial charge in [-0.25, -0.2) is 0 Å². The second-order valence-corrected chi connectivity index (χ2v) is 7.69. The Morgan fingerprint density at radius 2 is 1.86 bits per heavy atom. The number of anilines is 2. The number of benzene rings is 2. The van der Waals surface area contributed by atoms with Crippen LogP contribution in [0, 0.1) is 5.92 Å². The molecule has 1 unspecified atom stereocenters. The van der Waals surface area contributed by atoms with Gasteiger partial charge in [0.1, 0.15) is 11.5 Å². The van der Waals surface area contributed by atoms with E-state index in [-0.39, 0.29) is 18.2 Å². The summed E-state index contributed by atoms with van der Waals surface area (Å²) in [6.45, 7) is 0.980. The van der Waals surface area contributed by atoms with Crippen molar-refractivity contribution in [1.29, 1.82) is 0 Å². The summed E-state index contributed by atoms with van der Waals surface area (Å²) in [5.41, 5.74) is 2.69. The summed E-state index contributed by atoms with van der Waals surface area (Å²) < 4.78 is 10.7. The Kier molecular flexibility index (Phi) is 5.37. The van der Waals surface area contributed by atoms with Crippen LogP contribution in [0.4, 0.5) is 11.4 Å². The summed E-state index contributed by atoms with van der Waals surface area (Å²) in [7, 11) is 3.05. The van der Waals surface area contributed by atoms with E-state index in [2.05, 4.69) is 6.07 Å². The molecule has 2 amide bonds. The van der Waals surface area contributed by atoms with E-state index < -0.39 is 5.92 Å². The number of aryl methyl sites for hydroxylation is 1. The lowest BCUT2D eigenvalue weighted by Gasteiger charge is -2.31. The molecule has 1 fully saturated rings. The maximum absolute atomic E-state index is 13.3. The first-order valence-corrected chi connectivity index (χ1v) is 10.0. The maximum atomic E-state index is 13.3. The van der Waals surface area contributed by atoms with E-state index in [1.165, 1.54) is 19.8 Å². The van der Waals surface area contributed by atoms with Crippen LogP contribution in [-0.2, 0) is 16.0 Å². The van der Waals surface area contributed by atoms with Crippen molar-refractivity contribution in [2.24, 2.45) is 5.92 Å². The standard InChI is InChI=1S/C22H23ClN2O4/c1-28-19-12-20(29-2)18(11-16(19)23)25-13-15(10-21(25)26)22(27)24-9-5-7-14-6-3-4-8-17(14)24/h3-4,6,8,11-12,15H,5,7,9-10,13H2,1-2H3. The zero-order valence-corrected chi connectivity index (χ0v) is 17.2. The normalized spacial score (nSPS) is 18.6. The van der Waals surface area contributed by atoms with Gasteiger partial charge in [0.15, 0.2) is 0 Å². The fraction of sp³-hybridized carbons (Fsp3) is 0.364. The lowest BCUT2D eigenvalue weighted by Crippen LogP contribution is -2.40. The minimum absolute atomic E-state index is 0.00780. The van der Waals surface area contributed by atoms with Crippen LogP contribution in [0.2, 0.25) is 5.02 Å². The molecule has 1 atom stereocenters. The predicted octanol–water partition coefficient (Wildman–Crippen LogP) is 3.69. The number of para-hydroxylation sites is 1. The fourth-order valence-electron chi connectivity index (χ4n) is 4.14. The van der Waals surface area contributed by atoms with E-state index in [4.69, 9.17) is 21.1 Å². The largest absolute Gasteiger partial charge is 0.495 e. The van der Waals surface area contributed by atoms with Crippen LogP contribution in [0.3, 0.4) is 0 Å². The molecule has 1 saturated heterocycles. The van der Waals surface area contributed by atoms with E-state index >= 15 is 0 Å². The van der Waals surface area contributed by atoms with Gasteiger partial charge < -0.3 is 19.3 Å². The van der Waals surface area contributed by atoms with Gasteiger partial charge >= 0.3 is 0 Å². The number of carbonyl (C=O) groups excluding carboxylic acids is 2. The van der Waals surface area contributed by atoms with E-state index in [9.17, 15) is 9.59 Å². The number of rotatable bonds is 4. The van der Waals surface area contributed by atoms with E-state index in [1.54, 1.807) is 17.0 Å². The third kappa shape index (κ3) is 3.53. The monoisotopic (exact) mass is 414 g/mol. The molecule has 4 rings (SSSR count). The zero-order chi connectivity index (χ0) is 20.5. The van der Waals surface area contributed by atoms with E-state index in [0.29, 0.717) is 35.3 Å². The molecule has 0 radical (unpaired) electrons. The Bertz CT molecular complexity index is 962. The third-order valence-corrected chi connectivity index (χ3v) is 5.89. The van der Waals surface area contributed by atoms with Crippen LogP contribution in [0.15, 0.2) is 36.4 Å². The SMILES string of the molecule is COc1cc(OC)c(N2CC(C(=O)N3CCCc4ccccc43)CC2=O)cc1Cl. The number of hydrogen-bond acceptors (Lipinski definition) is 4. The third-order valence-electron chi connectivity index (χ3n) is 5.59. The van der Waals surface area contributed by atoms with Gasteiger partial charge in [-0.15, -0.1) is 0 Å². The molecule has 0 N–H and O–H groups in total. The highest BCUT2D eigenvalue weighted by Gasteiger charge is 2.39. The van der Waals surface area contributed by atoms with Crippen molar-refractivity contribution in [2.75, 3.05) is 37.1 Å². The molecule has 0 bridgehead atoms. The number of carbonyl (C=O) groups is 2. The Balaban J connectivity index is 1.59. The van der Waals surface area contributed by atoms with Crippen LogP contribution < -0.4 is 19.3 Å². The highest BCUT2D eigenvalue weighted by atomic mass is 35.5. The average molecular weight is 415 g/mol. The average Bonchev–Trinajstić information content (AvgIpc) is 3.14. The van der Waals surface area contributed by atoms with Gasteiger partial charge in [0.2, 0.25) is 11.8 Å². The number of nitrogens with zero attached hydrogens (tertiary/aromatic N) is 2. The summed E-state index contributed by atoms with van der Waals surface area (Å²) in [6, 6.07) is 11.3. The number of ether oxygens (including phenoxy) is 2. The first-order valence-electron chi connectivity index (χ1n) is 9.64. The molecule has 2 heterocycles. The minimum atomic E-state index is -0.403. The minimum Gasteiger partial charge on any atom is -0.495 e. The molecule has 0 aromatic heterocycles. The lowest BCUT2D eigenvalue weighted by atomic mass is 9.99. The number of fused-ring (bicyclic) bond motifs is 1. The molecular formula is C22H23ClN2O4. The molecule has 2 aliphatic rings. The Hall–Kier alpha value is -2.73. The lowest BCUT2D eigenvalue weighted by molar-refractivity contribution is -0.124. The van der Waals surface area contributed by atoms with Crippen LogP contribution in [-0.4, -0.2) is 39.1 Å². The summed E-state index contributed by atoms with van der Waals surface area (Å²) in [5.74, 6) is 0.423. The van der Waals surface area contributed by atoms with Crippen molar-refractivity contribution in [1.82, 2.24) is 0 Å². The zero-order valence-electron chi connectivity index (χ0n) is 16.5. The van der Waals surface area contributed by atoms with Gasteiger partial charge in [-0.2, -0.15) is 0 Å². The van der Waals surface area contributed by atoms with Gasteiger partial charge in [-0.3, -0.25) is 9.59 Å². The highest BCUT2D eigenvalue weighted by molar-refractivity contribution is 6.32. The number of hydrogen-bond donors (Lipinski definition) is 0.